The third kappa shape index (κ3) is 4.17. The summed E-state index contributed by atoms with van der Waals surface area (Å²) in [6, 6.07) is 7.27. The van der Waals surface area contributed by atoms with Gasteiger partial charge < -0.3 is 18.9 Å². The van der Waals surface area contributed by atoms with Gasteiger partial charge in [-0.15, -0.1) is 0 Å². The number of amides is 1. The van der Waals surface area contributed by atoms with Crippen molar-refractivity contribution in [1.29, 1.82) is 0 Å². The van der Waals surface area contributed by atoms with Crippen molar-refractivity contribution in [3.63, 3.8) is 0 Å². The molecule has 0 aliphatic carbocycles. The van der Waals surface area contributed by atoms with E-state index in [2.05, 4.69) is 10.1 Å². The molecule has 25 heavy (non-hydrogen) atoms. The molecule has 0 bridgehead atoms. The number of benzene rings is 1. The van der Waals surface area contributed by atoms with Crippen molar-refractivity contribution in [1.82, 2.24) is 15.0 Å². The van der Waals surface area contributed by atoms with Crippen molar-refractivity contribution in [3.8, 4) is 5.75 Å². The molecule has 1 fully saturated rings. The molecule has 7 heteroatoms. The molecule has 134 valence electrons. The van der Waals surface area contributed by atoms with Crippen LogP contribution < -0.4 is 4.74 Å². The Kier molecular flexibility index (Phi) is 5.65. The van der Waals surface area contributed by atoms with Gasteiger partial charge >= 0.3 is 0 Å². The molecule has 1 aromatic heterocycles. The van der Waals surface area contributed by atoms with Gasteiger partial charge in [0.2, 0.25) is 0 Å². The van der Waals surface area contributed by atoms with Crippen molar-refractivity contribution < 1.29 is 18.8 Å². The molecule has 2 aromatic rings. The van der Waals surface area contributed by atoms with Gasteiger partial charge in [-0.3, -0.25) is 4.79 Å². The quantitative estimate of drug-likeness (QED) is 0.801. The van der Waals surface area contributed by atoms with Crippen molar-refractivity contribution in [3.05, 3.63) is 41.5 Å². The van der Waals surface area contributed by atoms with Gasteiger partial charge in [-0.1, -0.05) is 5.16 Å². The Hall–Kier alpha value is -2.41. The van der Waals surface area contributed by atoms with E-state index in [4.69, 9.17) is 14.0 Å². The third-order valence-electron chi connectivity index (χ3n) is 4.24. The van der Waals surface area contributed by atoms with E-state index in [-0.39, 0.29) is 11.8 Å². The highest BCUT2D eigenvalue weighted by atomic mass is 16.5. The molecule has 0 radical (unpaired) electrons. The van der Waals surface area contributed by atoms with Crippen LogP contribution in [0.5, 0.6) is 5.75 Å². The van der Waals surface area contributed by atoms with Gasteiger partial charge in [0.15, 0.2) is 5.82 Å². The Morgan fingerprint density at radius 3 is 2.88 bits per heavy atom. The summed E-state index contributed by atoms with van der Waals surface area (Å²) < 4.78 is 15.6. The molecule has 1 aliphatic heterocycles. The minimum Gasteiger partial charge on any atom is -0.494 e. The van der Waals surface area contributed by atoms with Crippen LogP contribution in [0, 0.1) is 0 Å². The van der Waals surface area contributed by atoms with Gasteiger partial charge in [0.1, 0.15) is 12.4 Å². The van der Waals surface area contributed by atoms with Crippen LogP contribution in [0.3, 0.4) is 0 Å². The number of nitrogens with zero attached hydrogens (tertiary/aromatic N) is 3. The van der Waals surface area contributed by atoms with E-state index in [0.717, 1.165) is 25.1 Å². The second kappa shape index (κ2) is 8.11. The number of carbonyl (C=O) groups excluding carboxylic acids is 1. The summed E-state index contributed by atoms with van der Waals surface area (Å²) in [6.07, 6.45) is 1.86. The standard InChI is InChI=1S/C18H23N3O4/c1-3-24-15-8-6-13(7-9-15)18(22)21-10-4-5-14(11-21)17-19-16(12-23-2)25-20-17/h6-9,14H,3-5,10-12H2,1-2H3. The minimum absolute atomic E-state index is 0.0216. The Bertz CT molecular complexity index is 699. The number of piperidine rings is 1. The molecule has 2 heterocycles. The Morgan fingerprint density at radius 2 is 2.16 bits per heavy atom. The molecular formula is C18H23N3O4. The molecule has 1 aromatic carbocycles. The summed E-state index contributed by atoms with van der Waals surface area (Å²) in [4.78, 5) is 19.0. The maximum Gasteiger partial charge on any atom is 0.253 e. The smallest absolute Gasteiger partial charge is 0.253 e. The van der Waals surface area contributed by atoms with Gasteiger partial charge in [-0.05, 0) is 44.0 Å². The van der Waals surface area contributed by atoms with Gasteiger partial charge in [0.25, 0.3) is 11.8 Å². The summed E-state index contributed by atoms with van der Waals surface area (Å²) in [5.41, 5.74) is 0.664. The van der Waals surface area contributed by atoms with Gasteiger partial charge in [0, 0.05) is 31.7 Å². The zero-order valence-corrected chi connectivity index (χ0v) is 14.6. The van der Waals surface area contributed by atoms with Crippen molar-refractivity contribution >= 4 is 5.91 Å². The summed E-state index contributed by atoms with van der Waals surface area (Å²) in [5, 5.41) is 4.04. The summed E-state index contributed by atoms with van der Waals surface area (Å²) in [6.45, 7) is 4.18. The lowest BCUT2D eigenvalue weighted by molar-refractivity contribution is 0.0703. The molecule has 0 N–H and O–H groups in total. The first kappa shape index (κ1) is 17.4. The molecule has 3 rings (SSSR count). The number of methoxy groups -OCH3 is 1. The van der Waals surface area contributed by atoms with E-state index in [1.54, 1.807) is 7.11 Å². The fourth-order valence-electron chi connectivity index (χ4n) is 3.03. The molecule has 1 unspecified atom stereocenters. The molecule has 1 aliphatic rings. The minimum atomic E-state index is 0.0216. The monoisotopic (exact) mass is 345 g/mol. The Labute approximate surface area is 146 Å². The lowest BCUT2D eigenvalue weighted by atomic mass is 9.96. The van der Waals surface area contributed by atoms with Crippen LogP contribution in [0.2, 0.25) is 0 Å². The van der Waals surface area contributed by atoms with Crippen LogP contribution >= 0.6 is 0 Å². The summed E-state index contributed by atoms with van der Waals surface area (Å²) in [5.74, 6) is 2.00. The lowest BCUT2D eigenvalue weighted by Crippen LogP contribution is -2.39. The number of likely N-dealkylation sites (tertiary alicyclic amines) is 1. The number of carbonyl (C=O) groups is 1. The fraction of sp³-hybridized carbons (Fsp3) is 0.500. The number of rotatable bonds is 6. The van der Waals surface area contributed by atoms with Gasteiger partial charge in [0.05, 0.1) is 6.61 Å². The molecule has 7 nitrogen and oxygen atoms in total. The van der Waals surface area contributed by atoms with E-state index in [9.17, 15) is 4.79 Å². The number of aromatic nitrogens is 2. The average Bonchev–Trinajstić information content (AvgIpc) is 3.11. The normalized spacial score (nSPS) is 17.5. The maximum atomic E-state index is 12.8. The average molecular weight is 345 g/mol. The maximum absolute atomic E-state index is 12.8. The summed E-state index contributed by atoms with van der Waals surface area (Å²) in [7, 11) is 1.59. The van der Waals surface area contributed by atoms with Crippen molar-refractivity contribution in [2.45, 2.75) is 32.3 Å². The van der Waals surface area contributed by atoms with Crippen molar-refractivity contribution in [2.75, 3.05) is 26.8 Å². The molecule has 0 spiro atoms. The Balaban J connectivity index is 1.66. The van der Waals surface area contributed by atoms with Crippen LogP contribution in [-0.2, 0) is 11.3 Å². The van der Waals surface area contributed by atoms with Crippen LogP contribution in [-0.4, -0.2) is 47.8 Å². The highest BCUT2D eigenvalue weighted by Gasteiger charge is 2.28. The second-order valence-corrected chi connectivity index (χ2v) is 6.03. The van der Waals surface area contributed by atoms with Gasteiger partial charge in [-0.25, -0.2) is 0 Å². The van der Waals surface area contributed by atoms with Crippen molar-refractivity contribution in [2.24, 2.45) is 0 Å². The first-order chi connectivity index (χ1) is 12.2. The van der Waals surface area contributed by atoms with Crippen LogP contribution in [0.1, 0.15) is 47.8 Å². The second-order valence-electron chi connectivity index (χ2n) is 6.03. The zero-order chi connectivity index (χ0) is 17.6. The molecule has 0 saturated carbocycles. The van der Waals surface area contributed by atoms with E-state index in [1.807, 2.05) is 36.1 Å². The fourth-order valence-corrected chi connectivity index (χ4v) is 3.03. The van der Waals surface area contributed by atoms with E-state index >= 15 is 0 Å². The highest BCUT2D eigenvalue weighted by molar-refractivity contribution is 5.94. The number of hydrogen-bond acceptors (Lipinski definition) is 6. The van der Waals surface area contributed by atoms with E-state index in [0.29, 0.717) is 37.0 Å². The van der Waals surface area contributed by atoms with Gasteiger partial charge in [-0.2, -0.15) is 4.98 Å². The van der Waals surface area contributed by atoms with Crippen LogP contribution in [0.15, 0.2) is 28.8 Å². The predicted octanol–water partition coefficient (Wildman–Crippen LogP) is 2.63. The van der Waals surface area contributed by atoms with E-state index in [1.165, 1.54) is 0 Å². The largest absolute Gasteiger partial charge is 0.494 e. The number of ether oxygens (including phenoxy) is 2. The molecule has 1 saturated heterocycles. The summed E-state index contributed by atoms with van der Waals surface area (Å²) >= 11 is 0. The molecule has 1 amide bonds. The predicted molar refractivity (Wildman–Crippen MR) is 90.5 cm³/mol. The Morgan fingerprint density at radius 1 is 1.36 bits per heavy atom. The van der Waals surface area contributed by atoms with E-state index < -0.39 is 0 Å². The first-order valence-corrected chi connectivity index (χ1v) is 8.54. The number of hydrogen-bond donors (Lipinski definition) is 0. The van der Waals surface area contributed by atoms with Crippen LogP contribution in [0.4, 0.5) is 0 Å². The SMILES string of the molecule is CCOc1ccc(C(=O)N2CCCC(c3noc(COC)n3)C2)cc1. The zero-order valence-electron chi connectivity index (χ0n) is 14.6. The molecule has 1 atom stereocenters. The third-order valence-corrected chi connectivity index (χ3v) is 4.24. The first-order valence-electron chi connectivity index (χ1n) is 8.54. The molecular weight excluding hydrogens is 322 g/mol. The topological polar surface area (TPSA) is 77.7 Å². The lowest BCUT2D eigenvalue weighted by Gasteiger charge is -2.31. The highest BCUT2D eigenvalue weighted by Crippen LogP contribution is 2.26. The van der Waals surface area contributed by atoms with Crippen LogP contribution in [0.25, 0.3) is 0 Å².